The zero-order valence-electron chi connectivity index (χ0n) is 50.3. The molecule has 0 spiro atoms. The van der Waals surface area contributed by atoms with Crippen LogP contribution in [0.3, 0.4) is 0 Å². The maximum atomic E-state index is 7.45. The molecule has 6 aliphatic heterocycles. The summed E-state index contributed by atoms with van der Waals surface area (Å²) in [5.41, 5.74) is 23.5. The molecule has 0 radical (unpaired) electrons. The highest BCUT2D eigenvalue weighted by Crippen LogP contribution is 2.49. The number of nitrogens with zero attached hydrogens (tertiary/aromatic N) is 5. The zero-order valence-corrected chi connectivity index (χ0v) is 50.3. The van der Waals surface area contributed by atoms with Crippen LogP contribution in [-0.4, -0.2) is 34.2 Å². The quantitative estimate of drug-likeness (QED) is 0.132. The van der Waals surface area contributed by atoms with Crippen LogP contribution in [0.1, 0.15) is 0 Å². The Morgan fingerprint density at radius 2 is 0.489 bits per heavy atom. The van der Waals surface area contributed by atoms with Crippen LogP contribution in [0.25, 0.3) is 0 Å². The van der Waals surface area contributed by atoms with Crippen molar-refractivity contribution < 1.29 is 18.9 Å². The van der Waals surface area contributed by atoms with E-state index >= 15 is 0 Å². The Hall–Kier alpha value is -11.7. The molecule has 13 aromatic carbocycles. The van der Waals surface area contributed by atoms with Gasteiger partial charge in [0, 0.05) is 118 Å². The molecule has 432 valence electrons. The monoisotopic (exact) mass is 1180 g/mol. The van der Waals surface area contributed by atoms with Crippen LogP contribution < -0.4 is 92.6 Å². The molecule has 92 heavy (non-hydrogen) atoms. The van der Waals surface area contributed by atoms with Crippen molar-refractivity contribution in [3.05, 3.63) is 291 Å². The average molecular weight is 1180 g/mol. The van der Waals surface area contributed by atoms with Crippen LogP contribution in [0.4, 0.5) is 73.9 Å². The van der Waals surface area contributed by atoms with Gasteiger partial charge in [-0.25, -0.2) is 0 Å². The van der Waals surface area contributed by atoms with Gasteiger partial charge in [-0.2, -0.15) is 0 Å². The largest absolute Gasteiger partial charge is 0.458 e. The summed E-state index contributed by atoms with van der Waals surface area (Å²) < 4.78 is 29.0. The highest BCUT2D eigenvalue weighted by molar-refractivity contribution is 7.03. The van der Waals surface area contributed by atoms with Gasteiger partial charge in [0.2, 0.25) is 0 Å². The molecule has 13 aromatic rings. The minimum atomic E-state index is -0.226. The average Bonchev–Trinajstić information content (AvgIpc) is 0.701. The van der Waals surface area contributed by atoms with Crippen molar-refractivity contribution in [2.75, 3.05) is 38.6 Å². The highest BCUT2D eigenvalue weighted by atomic mass is 16.5. The van der Waals surface area contributed by atoms with Crippen molar-refractivity contribution in [2.45, 2.75) is 0 Å². The summed E-state index contributed by atoms with van der Waals surface area (Å²) in [5.74, 6) is 6.34. The Bertz CT molecular complexity index is 4750. The van der Waals surface area contributed by atoms with Gasteiger partial charge in [0.15, 0.2) is 0 Å². The number of hydrogen-bond donors (Lipinski definition) is 0. The first-order valence-corrected chi connectivity index (χ1v) is 31.4. The van der Waals surface area contributed by atoms with Crippen LogP contribution in [0.2, 0.25) is 0 Å². The van der Waals surface area contributed by atoms with Gasteiger partial charge in [-0.15, -0.1) is 0 Å². The molecular formula is C80H54B3N5O4. The Morgan fingerprint density at radius 3 is 0.815 bits per heavy atom. The number of rotatable bonds is 9. The number of anilines is 13. The lowest BCUT2D eigenvalue weighted by atomic mass is 9.29. The minimum Gasteiger partial charge on any atom is -0.458 e. The fourth-order valence-corrected chi connectivity index (χ4v) is 15.4. The number of fused-ring (bicyclic) bond motifs is 12. The molecule has 9 nitrogen and oxygen atoms in total. The van der Waals surface area contributed by atoms with Gasteiger partial charge in [-0.3, -0.25) is 0 Å². The number of hydrogen-bond acceptors (Lipinski definition) is 9. The van der Waals surface area contributed by atoms with Crippen molar-refractivity contribution in [1.29, 1.82) is 0 Å². The third-order valence-electron chi connectivity index (χ3n) is 19.4. The summed E-state index contributed by atoms with van der Waals surface area (Å²) in [6.45, 7) is -0.624. The SMILES string of the molecule is CN1c2cc3c(cc2B2c4cc5c(cc4N(C)c4cc(N(c6ccccc6)c6ccccc6)cc1c42)Oc1cc(N(c2ccccc2)c2ccccc2)cc2c1B5c1ccccc1O2)B1c2ccccc2Oc2cc(N(c4ccccc4)c4ccccc4)cc(c21)O3. The molecule has 6 aliphatic rings. The second-order valence-electron chi connectivity index (χ2n) is 24.4. The summed E-state index contributed by atoms with van der Waals surface area (Å²) in [6.07, 6.45) is 0. The maximum absolute atomic E-state index is 7.45. The predicted octanol–water partition coefficient (Wildman–Crippen LogP) is 14.2. The topological polar surface area (TPSA) is 53.1 Å². The number of ether oxygens (including phenoxy) is 4. The van der Waals surface area contributed by atoms with Gasteiger partial charge >= 0.3 is 0 Å². The van der Waals surface area contributed by atoms with Crippen molar-refractivity contribution in [2.24, 2.45) is 0 Å². The Labute approximate surface area is 535 Å². The Morgan fingerprint density at radius 1 is 0.217 bits per heavy atom. The van der Waals surface area contributed by atoms with Crippen LogP contribution in [-0.2, 0) is 0 Å². The molecule has 0 amide bonds. The molecule has 0 atom stereocenters. The Kier molecular flexibility index (Phi) is 11.6. The van der Waals surface area contributed by atoms with Crippen molar-refractivity contribution in [1.82, 2.24) is 0 Å². The number of benzene rings is 13. The molecule has 0 aliphatic carbocycles. The van der Waals surface area contributed by atoms with E-state index in [9.17, 15) is 0 Å². The third kappa shape index (κ3) is 7.96. The molecule has 6 heterocycles. The van der Waals surface area contributed by atoms with Gasteiger partial charge in [0.05, 0.1) is 17.1 Å². The van der Waals surface area contributed by atoms with Crippen molar-refractivity contribution in [3.63, 3.8) is 0 Å². The fourth-order valence-electron chi connectivity index (χ4n) is 15.4. The standard InChI is InChI=1S/C80H54B3N5O4/c1-84-66-49-72-64(81-60-37-21-23-39-70(60)89-74-43-58(45-76(91-72)79(74)81)87(53-29-13-5-14-30-53)54-31-15-6-16-32-54)47-62(66)83-63-48-65-73(50-67(63)85(2)69-42-57(41-68(84)78(69)83)86(51-25-9-3-10-26-51)52-27-11-4-12-28-52)92-77-46-59(44-75-80(77)82(65)61-38-22-24-40-71(61)90-75)88(55-33-17-7-18-34-55)56-35-19-8-20-36-56/h3-50H,1-2H3. The second-order valence-corrected chi connectivity index (χ2v) is 24.4. The van der Waals surface area contributed by atoms with Gasteiger partial charge in [0.1, 0.15) is 46.0 Å². The van der Waals surface area contributed by atoms with E-state index in [4.69, 9.17) is 18.9 Å². The van der Waals surface area contributed by atoms with E-state index in [1.165, 1.54) is 16.4 Å². The highest BCUT2D eigenvalue weighted by Gasteiger charge is 2.49. The lowest BCUT2D eigenvalue weighted by Crippen LogP contribution is -2.65. The van der Waals surface area contributed by atoms with E-state index < -0.39 is 0 Å². The van der Waals surface area contributed by atoms with Gasteiger partial charge in [-0.05, 0) is 135 Å². The minimum absolute atomic E-state index is 0.199. The van der Waals surface area contributed by atoms with Crippen LogP contribution in [0.15, 0.2) is 291 Å². The van der Waals surface area contributed by atoms with E-state index in [2.05, 4.69) is 330 Å². The van der Waals surface area contributed by atoms with Gasteiger partial charge in [-0.1, -0.05) is 158 Å². The predicted molar refractivity (Wildman–Crippen MR) is 380 cm³/mol. The molecule has 19 rings (SSSR count). The molecule has 0 bridgehead atoms. The molecule has 12 heteroatoms. The molecule has 0 saturated heterocycles. The van der Waals surface area contributed by atoms with E-state index in [1.807, 2.05) is 0 Å². The zero-order chi connectivity index (χ0) is 60.7. The van der Waals surface area contributed by atoms with E-state index in [-0.39, 0.29) is 20.1 Å². The first kappa shape index (κ1) is 52.2. The molecule has 0 fully saturated rings. The van der Waals surface area contributed by atoms with Crippen molar-refractivity contribution in [3.8, 4) is 46.0 Å². The summed E-state index contributed by atoms with van der Waals surface area (Å²) in [6, 6.07) is 104. The first-order chi connectivity index (χ1) is 45.5. The van der Waals surface area contributed by atoms with E-state index in [0.717, 1.165) is 153 Å². The van der Waals surface area contributed by atoms with Gasteiger partial charge in [0.25, 0.3) is 20.1 Å². The van der Waals surface area contributed by atoms with Crippen LogP contribution >= 0.6 is 0 Å². The molecule has 0 aromatic heterocycles. The first-order valence-electron chi connectivity index (χ1n) is 31.4. The molecule has 0 unspecified atom stereocenters. The summed E-state index contributed by atoms with van der Waals surface area (Å²) in [5, 5.41) is 0. The lowest BCUT2D eigenvalue weighted by molar-refractivity contribution is 0.464. The summed E-state index contributed by atoms with van der Waals surface area (Å²) >= 11 is 0. The second kappa shape index (κ2) is 20.4. The van der Waals surface area contributed by atoms with Crippen LogP contribution in [0.5, 0.6) is 46.0 Å². The fraction of sp³-hybridized carbons (Fsp3) is 0.0250. The van der Waals surface area contributed by atoms with E-state index in [1.54, 1.807) is 0 Å². The maximum Gasteiger partial charge on any atom is 0.260 e. The van der Waals surface area contributed by atoms with Crippen molar-refractivity contribution >= 4 is 143 Å². The Balaban J connectivity index is 0.830. The normalized spacial score (nSPS) is 13.3. The molecule has 0 saturated carbocycles. The summed E-state index contributed by atoms with van der Waals surface area (Å²) in [4.78, 5) is 11.7. The lowest BCUT2D eigenvalue weighted by Gasteiger charge is -2.44. The molecule has 0 N–H and O–H groups in total. The van der Waals surface area contributed by atoms with Gasteiger partial charge < -0.3 is 43.4 Å². The third-order valence-corrected chi connectivity index (χ3v) is 19.4. The smallest absolute Gasteiger partial charge is 0.260 e. The van der Waals surface area contributed by atoms with E-state index in [0.29, 0.717) is 0 Å². The number of para-hydroxylation sites is 8. The molecular weight excluding hydrogens is 1130 g/mol. The summed E-state index contributed by atoms with van der Waals surface area (Å²) in [7, 11) is 4.45. The van der Waals surface area contributed by atoms with Crippen LogP contribution in [0, 0.1) is 0 Å².